The van der Waals surface area contributed by atoms with Crippen LogP contribution in [0.1, 0.15) is 11.1 Å². The number of nitro groups is 1. The molecule has 0 radical (unpaired) electrons. The summed E-state index contributed by atoms with van der Waals surface area (Å²) in [6.45, 7) is 0.319. The van der Waals surface area contributed by atoms with Gasteiger partial charge in [0, 0.05) is 23.1 Å². The number of nitrogens with zero attached hydrogens (tertiary/aromatic N) is 5. The third-order valence-corrected chi connectivity index (χ3v) is 4.76. The molecule has 0 aliphatic heterocycles. The third-order valence-electron chi connectivity index (χ3n) is 4.26. The smallest absolute Gasteiger partial charge is 0.373 e. The van der Waals surface area contributed by atoms with E-state index in [1.807, 2.05) is 29.6 Å². The van der Waals surface area contributed by atoms with Crippen LogP contribution < -0.4 is 10.1 Å². The first-order chi connectivity index (χ1) is 15.1. The van der Waals surface area contributed by atoms with Crippen LogP contribution in [-0.2, 0) is 6.54 Å². The average molecular weight is 430 g/mol. The fraction of sp³-hybridized carbons (Fsp3) is 0.0476. The van der Waals surface area contributed by atoms with Crippen LogP contribution >= 0.6 is 11.5 Å². The van der Waals surface area contributed by atoms with Crippen LogP contribution in [0.4, 0.5) is 11.5 Å². The number of hydrogen-bond acceptors (Lipinski definition) is 9. The Labute approximate surface area is 181 Å². The Kier molecular flexibility index (Phi) is 5.77. The van der Waals surface area contributed by atoms with Gasteiger partial charge in [-0.15, -0.1) is 11.5 Å². The van der Waals surface area contributed by atoms with E-state index < -0.39 is 4.92 Å². The largest absolute Gasteiger partial charge is 0.434 e. The lowest BCUT2D eigenvalue weighted by molar-refractivity contribution is -0.385. The normalized spacial score (nSPS) is 10.3. The highest BCUT2D eigenvalue weighted by atomic mass is 32.1. The Morgan fingerprint density at radius 1 is 1.19 bits per heavy atom. The summed E-state index contributed by atoms with van der Waals surface area (Å²) in [5.41, 5.74) is 2.87. The van der Waals surface area contributed by atoms with Crippen molar-refractivity contribution in [2.24, 2.45) is 0 Å². The second-order valence-electron chi connectivity index (χ2n) is 6.25. The standard InChI is InChI=1S/C21H14N6O3S/c1-2-14-4-3-5-17(10-14)30-21-19(27(28)29)20(23-13-24-21)22-11-15-6-8-16(9-7-15)18-12-31-26-25-18/h1,3-10,12-13H,11H2,(H,22,23,24). The predicted octanol–water partition coefficient (Wildman–Crippen LogP) is 4.29. The number of ether oxygens (including phenoxy) is 1. The minimum atomic E-state index is -0.582. The van der Waals surface area contributed by atoms with Gasteiger partial charge < -0.3 is 10.1 Å². The molecule has 0 aliphatic rings. The van der Waals surface area contributed by atoms with Crippen molar-refractivity contribution in [2.45, 2.75) is 6.54 Å². The number of anilines is 1. The molecule has 31 heavy (non-hydrogen) atoms. The fourth-order valence-corrected chi connectivity index (χ4v) is 3.23. The molecule has 10 heteroatoms. The van der Waals surface area contributed by atoms with Crippen LogP contribution in [0.3, 0.4) is 0 Å². The highest BCUT2D eigenvalue weighted by molar-refractivity contribution is 7.03. The summed E-state index contributed by atoms with van der Waals surface area (Å²) in [4.78, 5) is 19.1. The Morgan fingerprint density at radius 3 is 2.74 bits per heavy atom. The van der Waals surface area contributed by atoms with Crippen LogP contribution in [0.2, 0.25) is 0 Å². The Balaban J connectivity index is 1.53. The summed E-state index contributed by atoms with van der Waals surface area (Å²) in [5.74, 6) is 2.70. The fourth-order valence-electron chi connectivity index (χ4n) is 2.76. The van der Waals surface area contributed by atoms with Gasteiger partial charge in [-0.2, -0.15) is 4.98 Å². The van der Waals surface area contributed by atoms with Crippen molar-refractivity contribution in [3.8, 4) is 35.2 Å². The molecule has 2 heterocycles. The summed E-state index contributed by atoms with van der Waals surface area (Å²) >= 11 is 1.28. The SMILES string of the molecule is C#Cc1cccc(Oc2ncnc(NCc3ccc(-c4csnn4)cc3)c2[N+](=O)[O-])c1. The van der Waals surface area contributed by atoms with Gasteiger partial charge in [-0.1, -0.05) is 40.7 Å². The lowest BCUT2D eigenvalue weighted by Crippen LogP contribution is -2.07. The molecule has 0 saturated carbocycles. The van der Waals surface area contributed by atoms with E-state index in [9.17, 15) is 10.1 Å². The molecule has 1 N–H and O–H groups in total. The van der Waals surface area contributed by atoms with Crippen molar-refractivity contribution in [3.63, 3.8) is 0 Å². The van der Waals surface area contributed by atoms with E-state index >= 15 is 0 Å². The van der Waals surface area contributed by atoms with Gasteiger partial charge in [0.05, 0.1) is 4.92 Å². The maximum atomic E-state index is 11.7. The first-order valence-electron chi connectivity index (χ1n) is 8.98. The van der Waals surface area contributed by atoms with Crippen molar-refractivity contribution < 1.29 is 9.66 Å². The molecule has 0 spiro atoms. The Hall–Kier alpha value is -4.36. The van der Waals surface area contributed by atoms with Crippen molar-refractivity contribution in [1.29, 1.82) is 0 Å². The monoisotopic (exact) mass is 430 g/mol. The zero-order valence-corrected chi connectivity index (χ0v) is 16.7. The molecular formula is C21H14N6O3S. The molecule has 0 bridgehead atoms. The molecule has 2 aromatic carbocycles. The van der Waals surface area contributed by atoms with E-state index in [4.69, 9.17) is 11.2 Å². The van der Waals surface area contributed by atoms with Gasteiger partial charge >= 0.3 is 11.6 Å². The average Bonchev–Trinajstić information content (AvgIpc) is 3.33. The molecule has 152 valence electrons. The summed E-state index contributed by atoms with van der Waals surface area (Å²) < 4.78 is 9.47. The van der Waals surface area contributed by atoms with Gasteiger partial charge in [-0.05, 0) is 35.3 Å². The van der Waals surface area contributed by atoms with Gasteiger partial charge in [0.1, 0.15) is 17.8 Å². The predicted molar refractivity (Wildman–Crippen MR) is 116 cm³/mol. The Morgan fingerprint density at radius 2 is 2.03 bits per heavy atom. The molecular weight excluding hydrogens is 416 g/mol. The van der Waals surface area contributed by atoms with Crippen LogP contribution in [0.25, 0.3) is 11.3 Å². The van der Waals surface area contributed by atoms with Crippen LogP contribution in [0, 0.1) is 22.5 Å². The van der Waals surface area contributed by atoms with E-state index in [1.165, 1.54) is 17.9 Å². The number of terminal acetylenes is 1. The van der Waals surface area contributed by atoms with Crippen molar-refractivity contribution in [2.75, 3.05) is 5.32 Å². The number of nitrogens with one attached hydrogen (secondary N) is 1. The molecule has 0 saturated heterocycles. The molecule has 4 aromatic rings. The number of benzene rings is 2. The van der Waals surface area contributed by atoms with Crippen LogP contribution in [0.15, 0.2) is 60.2 Å². The zero-order valence-electron chi connectivity index (χ0n) is 15.9. The van der Waals surface area contributed by atoms with Gasteiger partial charge in [0.2, 0.25) is 5.82 Å². The highest BCUT2D eigenvalue weighted by Crippen LogP contribution is 2.34. The minimum Gasteiger partial charge on any atom is -0.434 e. The second kappa shape index (κ2) is 8.98. The molecule has 2 aromatic heterocycles. The maximum Gasteiger partial charge on any atom is 0.373 e. The van der Waals surface area contributed by atoms with E-state index in [0.29, 0.717) is 17.9 Å². The summed E-state index contributed by atoms with van der Waals surface area (Å²) in [7, 11) is 0. The summed E-state index contributed by atoms with van der Waals surface area (Å²) in [6, 6.07) is 14.3. The summed E-state index contributed by atoms with van der Waals surface area (Å²) in [6.07, 6.45) is 6.59. The minimum absolute atomic E-state index is 0.0517. The lowest BCUT2D eigenvalue weighted by atomic mass is 10.1. The second-order valence-corrected chi connectivity index (χ2v) is 6.86. The zero-order chi connectivity index (χ0) is 21.6. The van der Waals surface area contributed by atoms with Crippen LogP contribution in [0.5, 0.6) is 11.6 Å². The molecule has 0 unspecified atom stereocenters. The van der Waals surface area contributed by atoms with Gasteiger partial charge in [-0.25, -0.2) is 4.98 Å². The number of hydrogen-bond donors (Lipinski definition) is 1. The molecule has 0 atom stereocenters. The van der Waals surface area contributed by atoms with Crippen molar-refractivity contribution >= 4 is 23.0 Å². The van der Waals surface area contributed by atoms with Crippen molar-refractivity contribution in [1.82, 2.24) is 19.6 Å². The topological polar surface area (TPSA) is 116 Å². The number of aromatic nitrogens is 4. The van der Waals surface area contributed by atoms with E-state index in [2.05, 4.69) is 30.8 Å². The highest BCUT2D eigenvalue weighted by Gasteiger charge is 2.25. The molecule has 0 amide bonds. The van der Waals surface area contributed by atoms with E-state index in [0.717, 1.165) is 16.8 Å². The lowest BCUT2D eigenvalue weighted by Gasteiger charge is -2.10. The number of rotatable bonds is 7. The third kappa shape index (κ3) is 4.63. The maximum absolute atomic E-state index is 11.7. The first kappa shape index (κ1) is 19.9. The van der Waals surface area contributed by atoms with Crippen LogP contribution in [-0.4, -0.2) is 24.5 Å². The molecule has 0 fully saturated rings. The molecule has 9 nitrogen and oxygen atoms in total. The quantitative estimate of drug-likeness (QED) is 0.262. The van der Waals surface area contributed by atoms with Gasteiger partial charge in [0.15, 0.2) is 0 Å². The molecule has 0 aliphatic carbocycles. The first-order valence-corrected chi connectivity index (χ1v) is 9.82. The van der Waals surface area contributed by atoms with Gasteiger partial charge in [0.25, 0.3) is 0 Å². The van der Waals surface area contributed by atoms with E-state index in [1.54, 1.807) is 24.3 Å². The molecule has 4 rings (SSSR count). The Bertz CT molecular complexity index is 1250. The van der Waals surface area contributed by atoms with Gasteiger partial charge in [-0.3, -0.25) is 10.1 Å². The van der Waals surface area contributed by atoms with Crippen molar-refractivity contribution in [3.05, 3.63) is 81.5 Å². The van der Waals surface area contributed by atoms with E-state index in [-0.39, 0.29) is 17.4 Å². The summed E-state index contributed by atoms with van der Waals surface area (Å²) in [5, 5.41) is 20.6.